The first-order chi connectivity index (χ1) is 9.56. The first-order valence-electron chi connectivity index (χ1n) is 7.43. The fourth-order valence-corrected chi connectivity index (χ4v) is 4.02. The molecule has 1 unspecified atom stereocenters. The number of rotatable bonds is 4. The van der Waals surface area contributed by atoms with Crippen LogP contribution in [0.1, 0.15) is 42.3 Å². The van der Waals surface area contributed by atoms with Crippen molar-refractivity contribution in [3.8, 4) is 0 Å². The van der Waals surface area contributed by atoms with Crippen LogP contribution in [0.15, 0.2) is 6.07 Å². The summed E-state index contributed by atoms with van der Waals surface area (Å²) in [4.78, 5) is 15.2. The minimum absolute atomic E-state index is 0.224. The summed E-state index contributed by atoms with van der Waals surface area (Å²) < 4.78 is 0. The van der Waals surface area contributed by atoms with Gasteiger partial charge in [0.05, 0.1) is 21.7 Å². The van der Waals surface area contributed by atoms with Gasteiger partial charge in [0.2, 0.25) is 0 Å². The van der Waals surface area contributed by atoms with Crippen molar-refractivity contribution >= 4 is 27.8 Å². The Labute approximate surface area is 123 Å². The van der Waals surface area contributed by atoms with E-state index in [4.69, 9.17) is 5.73 Å². The Bertz CT molecular complexity index is 500. The van der Waals surface area contributed by atoms with Crippen molar-refractivity contribution in [3.63, 3.8) is 0 Å². The average Bonchev–Trinajstić information content (AvgIpc) is 3.21. The molecule has 3 rings (SSSR count). The van der Waals surface area contributed by atoms with Crippen molar-refractivity contribution in [1.82, 2.24) is 0 Å². The molecule has 1 aliphatic heterocycles. The largest absolute Gasteiger partial charge is 0.397 e. The van der Waals surface area contributed by atoms with E-state index in [-0.39, 0.29) is 17.8 Å². The fraction of sp³-hybridized carbons (Fsp3) is 0.667. The van der Waals surface area contributed by atoms with E-state index in [1.807, 2.05) is 13.0 Å². The molecular formula is C15H22N2O2S. The molecule has 110 valence electrons. The van der Waals surface area contributed by atoms with Gasteiger partial charge in [-0.2, -0.15) is 0 Å². The van der Waals surface area contributed by atoms with Crippen LogP contribution < -0.4 is 10.6 Å². The number of thiophene rings is 1. The molecule has 1 saturated heterocycles. The molecule has 0 radical (unpaired) electrons. The molecule has 1 aliphatic carbocycles. The van der Waals surface area contributed by atoms with E-state index >= 15 is 0 Å². The topological polar surface area (TPSA) is 66.6 Å². The number of hydrogen-bond acceptors (Lipinski definition) is 5. The molecule has 2 heterocycles. The van der Waals surface area contributed by atoms with Gasteiger partial charge in [-0.05, 0) is 44.6 Å². The zero-order valence-corrected chi connectivity index (χ0v) is 12.7. The lowest BCUT2D eigenvalue weighted by molar-refractivity contribution is 0.0972. The SMILES string of the molecule is CC(O)C1CCN(c2cc(N)c(C(=O)C3CC3)s2)CC1. The molecule has 1 atom stereocenters. The van der Waals surface area contributed by atoms with Crippen LogP contribution in [-0.2, 0) is 0 Å². The summed E-state index contributed by atoms with van der Waals surface area (Å²) in [5, 5.41) is 10.7. The van der Waals surface area contributed by atoms with Crippen molar-refractivity contribution in [1.29, 1.82) is 0 Å². The third-order valence-electron chi connectivity index (χ3n) is 4.45. The molecule has 0 amide bonds. The number of aliphatic hydroxyl groups excluding tert-OH is 1. The average molecular weight is 294 g/mol. The van der Waals surface area contributed by atoms with Crippen molar-refractivity contribution in [2.24, 2.45) is 11.8 Å². The minimum atomic E-state index is -0.224. The van der Waals surface area contributed by atoms with Gasteiger partial charge in [-0.1, -0.05) is 0 Å². The van der Waals surface area contributed by atoms with Gasteiger partial charge in [-0.25, -0.2) is 0 Å². The van der Waals surface area contributed by atoms with Gasteiger partial charge in [0.15, 0.2) is 5.78 Å². The predicted octanol–water partition coefficient (Wildman–Crippen LogP) is 2.52. The highest BCUT2D eigenvalue weighted by Gasteiger charge is 2.33. The Kier molecular flexibility index (Phi) is 3.73. The molecule has 1 saturated carbocycles. The second-order valence-electron chi connectivity index (χ2n) is 6.07. The van der Waals surface area contributed by atoms with E-state index < -0.39 is 0 Å². The van der Waals surface area contributed by atoms with Gasteiger partial charge in [0.25, 0.3) is 0 Å². The monoisotopic (exact) mass is 294 g/mol. The number of carbonyl (C=O) groups excluding carboxylic acids is 1. The molecule has 1 aromatic heterocycles. The Morgan fingerprint density at radius 1 is 1.40 bits per heavy atom. The number of piperidine rings is 1. The van der Waals surface area contributed by atoms with Gasteiger partial charge in [-0.3, -0.25) is 4.79 Å². The summed E-state index contributed by atoms with van der Waals surface area (Å²) in [7, 11) is 0. The summed E-state index contributed by atoms with van der Waals surface area (Å²) in [5.74, 6) is 0.860. The van der Waals surface area contributed by atoms with E-state index in [1.165, 1.54) is 0 Å². The lowest BCUT2D eigenvalue weighted by Crippen LogP contribution is -2.36. The first-order valence-corrected chi connectivity index (χ1v) is 8.24. The molecule has 20 heavy (non-hydrogen) atoms. The Hall–Kier alpha value is -1.07. The van der Waals surface area contributed by atoms with Crippen molar-refractivity contribution in [3.05, 3.63) is 10.9 Å². The number of nitrogens with zero attached hydrogens (tertiary/aromatic N) is 1. The first kappa shape index (κ1) is 13.9. The Balaban J connectivity index is 1.69. The van der Waals surface area contributed by atoms with Gasteiger partial charge < -0.3 is 15.7 Å². The third kappa shape index (κ3) is 2.69. The maximum atomic E-state index is 12.1. The number of Topliss-reactive ketones (excluding diaryl/α,β-unsaturated/α-hetero) is 1. The van der Waals surface area contributed by atoms with Gasteiger partial charge >= 0.3 is 0 Å². The van der Waals surface area contributed by atoms with Crippen LogP contribution in [0.5, 0.6) is 0 Å². The van der Waals surface area contributed by atoms with Crippen LogP contribution in [0.25, 0.3) is 0 Å². The predicted molar refractivity (Wildman–Crippen MR) is 82.4 cm³/mol. The number of aliphatic hydroxyl groups is 1. The molecule has 3 N–H and O–H groups in total. The van der Waals surface area contributed by atoms with Crippen LogP contribution in [-0.4, -0.2) is 30.1 Å². The van der Waals surface area contributed by atoms with Gasteiger partial charge in [0.1, 0.15) is 0 Å². The summed E-state index contributed by atoms with van der Waals surface area (Å²) in [6.07, 6.45) is 3.82. The molecule has 2 fully saturated rings. The third-order valence-corrected chi connectivity index (χ3v) is 5.68. The molecule has 4 nitrogen and oxygen atoms in total. The number of nitrogens with two attached hydrogens (primary N) is 1. The second kappa shape index (κ2) is 5.37. The lowest BCUT2D eigenvalue weighted by atomic mass is 9.92. The van der Waals surface area contributed by atoms with Crippen LogP contribution >= 0.6 is 11.3 Å². The molecule has 5 heteroatoms. The Morgan fingerprint density at radius 3 is 2.60 bits per heavy atom. The van der Waals surface area contributed by atoms with Crippen molar-refractivity contribution < 1.29 is 9.90 Å². The van der Waals surface area contributed by atoms with E-state index in [2.05, 4.69) is 4.90 Å². The smallest absolute Gasteiger partial charge is 0.178 e. The molecule has 2 aliphatic rings. The molecule has 0 spiro atoms. The van der Waals surface area contributed by atoms with Crippen LogP contribution in [0, 0.1) is 11.8 Å². The van der Waals surface area contributed by atoms with Crippen LogP contribution in [0.2, 0.25) is 0 Å². The highest BCUT2D eigenvalue weighted by atomic mass is 32.1. The summed E-state index contributed by atoms with van der Waals surface area (Å²) >= 11 is 1.54. The zero-order chi connectivity index (χ0) is 14.3. The normalized spacial score (nSPS) is 22.0. The van der Waals surface area contributed by atoms with Gasteiger partial charge in [-0.15, -0.1) is 11.3 Å². The van der Waals surface area contributed by atoms with Gasteiger partial charge in [0, 0.05) is 19.0 Å². The molecule has 0 bridgehead atoms. The lowest BCUT2D eigenvalue weighted by Gasteiger charge is -2.33. The summed E-state index contributed by atoms with van der Waals surface area (Å²) in [6, 6.07) is 1.95. The standard InChI is InChI=1S/C15H22N2O2S/c1-9(18)10-4-6-17(7-5-10)13-8-12(16)15(20-13)14(19)11-2-3-11/h8-11,18H,2-7,16H2,1H3. The second-order valence-corrected chi connectivity index (χ2v) is 7.10. The van der Waals surface area contributed by atoms with Crippen LogP contribution in [0.3, 0.4) is 0 Å². The van der Waals surface area contributed by atoms with E-state index in [0.717, 1.165) is 48.7 Å². The number of carbonyl (C=O) groups is 1. The Morgan fingerprint density at radius 2 is 2.05 bits per heavy atom. The minimum Gasteiger partial charge on any atom is -0.397 e. The number of anilines is 2. The zero-order valence-electron chi connectivity index (χ0n) is 11.8. The van der Waals surface area contributed by atoms with E-state index in [0.29, 0.717) is 11.6 Å². The summed E-state index contributed by atoms with van der Waals surface area (Å²) in [5.41, 5.74) is 6.65. The van der Waals surface area contributed by atoms with E-state index in [1.54, 1.807) is 11.3 Å². The highest BCUT2D eigenvalue weighted by molar-refractivity contribution is 7.18. The van der Waals surface area contributed by atoms with Crippen molar-refractivity contribution in [2.75, 3.05) is 23.7 Å². The molecular weight excluding hydrogens is 272 g/mol. The number of hydrogen-bond donors (Lipinski definition) is 2. The maximum Gasteiger partial charge on any atom is 0.178 e. The fourth-order valence-electron chi connectivity index (χ4n) is 2.87. The number of ketones is 1. The van der Waals surface area contributed by atoms with E-state index in [9.17, 15) is 9.90 Å². The van der Waals surface area contributed by atoms with Crippen LogP contribution in [0.4, 0.5) is 10.7 Å². The van der Waals surface area contributed by atoms with Crippen molar-refractivity contribution in [2.45, 2.75) is 38.7 Å². The number of nitrogen functional groups attached to an aromatic ring is 1. The highest BCUT2D eigenvalue weighted by Crippen LogP contribution is 2.40. The molecule has 1 aromatic rings. The quantitative estimate of drug-likeness (QED) is 0.837. The maximum absolute atomic E-state index is 12.1. The summed E-state index contributed by atoms with van der Waals surface area (Å²) in [6.45, 7) is 3.75. The molecule has 0 aromatic carbocycles.